The minimum absolute atomic E-state index is 0.631. The SMILES string of the molecule is CCCCc1nn2c(N(CC)CCCC)cc(C)nc2c1-c1ccc(Cl)cc1Cl. The average molecular weight is 433 g/mol. The summed E-state index contributed by atoms with van der Waals surface area (Å²) in [6.45, 7) is 10.6. The summed E-state index contributed by atoms with van der Waals surface area (Å²) in [6.07, 6.45) is 5.39. The summed E-state index contributed by atoms with van der Waals surface area (Å²) in [5, 5.41) is 6.29. The zero-order valence-electron chi connectivity index (χ0n) is 17.8. The summed E-state index contributed by atoms with van der Waals surface area (Å²) >= 11 is 12.8. The molecule has 3 aromatic rings. The molecule has 0 aliphatic rings. The second-order valence-corrected chi connectivity index (χ2v) is 8.32. The van der Waals surface area contributed by atoms with Gasteiger partial charge in [-0.1, -0.05) is 56.0 Å². The number of aryl methyl sites for hydroxylation is 2. The lowest BCUT2D eigenvalue weighted by atomic mass is 10.0. The Morgan fingerprint density at radius 2 is 1.79 bits per heavy atom. The van der Waals surface area contributed by atoms with Gasteiger partial charge in [0.1, 0.15) is 5.82 Å². The molecule has 156 valence electrons. The molecule has 6 heteroatoms. The molecular formula is C23H30Cl2N4. The van der Waals surface area contributed by atoms with Gasteiger partial charge in [-0.05, 0) is 45.2 Å². The molecule has 3 rings (SSSR count). The second kappa shape index (κ2) is 9.82. The largest absolute Gasteiger partial charge is 0.357 e. The highest BCUT2D eigenvalue weighted by Gasteiger charge is 2.21. The van der Waals surface area contributed by atoms with Gasteiger partial charge in [0, 0.05) is 35.4 Å². The third-order valence-corrected chi connectivity index (χ3v) is 5.77. The first-order chi connectivity index (χ1) is 14.0. The van der Waals surface area contributed by atoms with Gasteiger partial charge in [0.05, 0.1) is 16.3 Å². The van der Waals surface area contributed by atoms with Gasteiger partial charge in [-0.25, -0.2) is 4.98 Å². The van der Waals surface area contributed by atoms with E-state index in [0.29, 0.717) is 10.0 Å². The summed E-state index contributed by atoms with van der Waals surface area (Å²) in [7, 11) is 0. The van der Waals surface area contributed by atoms with Crippen LogP contribution in [0.4, 0.5) is 5.82 Å². The Balaban J connectivity index is 2.26. The van der Waals surface area contributed by atoms with Crippen molar-refractivity contribution in [2.45, 2.75) is 59.8 Å². The average Bonchev–Trinajstić information content (AvgIpc) is 3.05. The van der Waals surface area contributed by atoms with Gasteiger partial charge in [-0.2, -0.15) is 9.61 Å². The Morgan fingerprint density at radius 1 is 1.03 bits per heavy atom. The van der Waals surface area contributed by atoms with Crippen LogP contribution in [0.3, 0.4) is 0 Å². The van der Waals surface area contributed by atoms with E-state index in [1.54, 1.807) is 6.07 Å². The van der Waals surface area contributed by atoms with Crippen LogP contribution in [0, 0.1) is 6.92 Å². The van der Waals surface area contributed by atoms with Crippen LogP contribution in [0.25, 0.3) is 16.8 Å². The lowest BCUT2D eigenvalue weighted by Gasteiger charge is -2.23. The molecule has 2 aromatic heterocycles. The Kier molecular flexibility index (Phi) is 7.42. The lowest BCUT2D eigenvalue weighted by molar-refractivity contribution is 0.702. The number of unbranched alkanes of at least 4 members (excludes halogenated alkanes) is 2. The molecule has 0 radical (unpaired) electrons. The van der Waals surface area contributed by atoms with Gasteiger partial charge in [0.2, 0.25) is 0 Å². The van der Waals surface area contributed by atoms with E-state index in [1.807, 2.05) is 23.6 Å². The highest BCUT2D eigenvalue weighted by atomic mass is 35.5. The van der Waals surface area contributed by atoms with E-state index in [1.165, 1.54) is 0 Å². The van der Waals surface area contributed by atoms with Crippen molar-refractivity contribution < 1.29 is 0 Å². The maximum absolute atomic E-state index is 6.61. The third-order valence-electron chi connectivity index (χ3n) is 5.23. The molecule has 0 saturated heterocycles. The Labute approximate surface area is 183 Å². The van der Waals surface area contributed by atoms with Crippen LogP contribution < -0.4 is 4.90 Å². The number of anilines is 1. The van der Waals surface area contributed by atoms with Crippen LogP contribution in [0.2, 0.25) is 10.0 Å². The van der Waals surface area contributed by atoms with Crippen LogP contribution in [-0.2, 0) is 6.42 Å². The molecule has 29 heavy (non-hydrogen) atoms. The number of nitrogens with zero attached hydrogens (tertiary/aromatic N) is 4. The van der Waals surface area contributed by atoms with Crippen molar-refractivity contribution in [1.29, 1.82) is 0 Å². The third kappa shape index (κ3) is 4.70. The van der Waals surface area contributed by atoms with E-state index in [2.05, 4.69) is 31.7 Å². The molecule has 0 aliphatic carbocycles. The Hall–Kier alpha value is -1.78. The molecular weight excluding hydrogens is 403 g/mol. The quantitative estimate of drug-likeness (QED) is 0.365. The zero-order chi connectivity index (χ0) is 21.0. The number of benzene rings is 1. The van der Waals surface area contributed by atoms with Crippen molar-refractivity contribution in [2.75, 3.05) is 18.0 Å². The first kappa shape index (κ1) is 21.9. The smallest absolute Gasteiger partial charge is 0.165 e. The first-order valence-corrected chi connectivity index (χ1v) is 11.3. The minimum atomic E-state index is 0.631. The van der Waals surface area contributed by atoms with Gasteiger partial charge >= 0.3 is 0 Å². The number of hydrogen-bond donors (Lipinski definition) is 0. The predicted molar refractivity (Wildman–Crippen MR) is 125 cm³/mol. The van der Waals surface area contributed by atoms with Gasteiger partial charge in [-0.3, -0.25) is 0 Å². The lowest BCUT2D eigenvalue weighted by Crippen LogP contribution is -2.26. The number of aromatic nitrogens is 3. The van der Waals surface area contributed by atoms with Crippen molar-refractivity contribution in [2.24, 2.45) is 0 Å². The number of halogens is 2. The Bertz CT molecular complexity index is 981. The van der Waals surface area contributed by atoms with E-state index < -0.39 is 0 Å². The van der Waals surface area contributed by atoms with Gasteiger partial charge in [0.25, 0.3) is 0 Å². The van der Waals surface area contributed by atoms with Gasteiger partial charge in [0.15, 0.2) is 5.65 Å². The molecule has 0 fully saturated rings. The van der Waals surface area contributed by atoms with E-state index in [4.69, 9.17) is 33.3 Å². The summed E-state index contributed by atoms with van der Waals surface area (Å²) < 4.78 is 2.01. The summed E-state index contributed by atoms with van der Waals surface area (Å²) in [4.78, 5) is 7.27. The summed E-state index contributed by atoms with van der Waals surface area (Å²) in [5.41, 5.74) is 4.86. The van der Waals surface area contributed by atoms with E-state index >= 15 is 0 Å². The molecule has 0 spiro atoms. The van der Waals surface area contributed by atoms with Crippen LogP contribution in [0.1, 0.15) is 57.8 Å². The topological polar surface area (TPSA) is 33.4 Å². The van der Waals surface area contributed by atoms with Crippen molar-refractivity contribution >= 4 is 34.7 Å². The van der Waals surface area contributed by atoms with Crippen LogP contribution in [-0.4, -0.2) is 27.7 Å². The molecule has 0 atom stereocenters. The van der Waals surface area contributed by atoms with Crippen molar-refractivity contribution in [3.8, 4) is 11.1 Å². The fourth-order valence-corrected chi connectivity index (χ4v) is 4.16. The van der Waals surface area contributed by atoms with E-state index in [0.717, 1.165) is 79.2 Å². The highest BCUT2D eigenvalue weighted by Crippen LogP contribution is 2.37. The van der Waals surface area contributed by atoms with Gasteiger partial charge in [-0.15, -0.1) is 0 Å². The standard InChI is InChI=1S/C23H30Cl2N4/c1-5-8-10-20-22(18-12-11-17(24)15-19(18)25)23-26-16(4)14-21(29(23)27-20)28(7-3)13-9-6-2/h11-12,14-15H,5-10,13H2,1-4H3. The van der Waals surface area contributed by atoms with Crippen molar-refractivity contribution in [3.63, 3.8) is 0 Å². The maximum Gasteiger partial charge on any atom is 0.165 e. The molecule has 2 heterocycles. The minimum Gasteiger partial charge on any atom is -0.357 e. The number of rotatable bonds is 9. The monoisotopic (exact) mass is 432 g/mol. The predicted octanol–water partition coefficient (Wildman–Crippen LogP) is 6.98. The fourth-order valence-electron chi connectivity index (χ4n) is 3.66. The number of hydrogen-bond acceptors (Lipinski definition) is 3. The van der Waals surface area contributed by atoms with Crippen LogP contribution in [0.15, 0.2) is 24.3 Å². The highest BCUT2D eigenvalue weighted by molar-refractivity contribution is 6.36. The molecule has 0 saturated carbocycles. The summed E-state index contributed by atoms with van der Waals surface area (Å²) in [5.74, 6) is 1.09. The molecule has 0 N–H and O–H groups in total. The molecule has 0 amide bonds. The van der Waals surface area contributed by atoms with Crippen molar-refractivity contribution in [3.05, 3.63) is 45.7 Å². The van der Waals surface area contributed by atoms with Crippen LogP contribution in [0.5, 0.6) is 0 Å². The normalized spacial score (nSPS) is 11.4. The van der Waals surface area contributed by atoms with Gasteiger partial charge < -0.3 is 4.90 Å². The van der Waals surface area contributed by atoms with E-state index in [9.17, 15) is 0 Å². The maximum atomic E-state index is 6.61. The molecule has 0 aliphatic heterocycles. The summed E-state index contributed by atoms with van der Waals surface area (Å²) in [6, 6.07) is 7.79. The fraction of sp³-hybridized carbons (Fsp3) is 0.478. The molecule has 1 aromatic carbocycles. The molecule has 0 bridgehead atoms. The molecule has 0 unspecified atom stereocenters. The first-order valence-electron chi connectivity index (χ1n) is 10.6. The van der Waals surface area contributed by atoms with E-state index in [-0.39, 0.29) is 0 Å². The Morgan fingerprint density at radius 3 is 2.45 bits per heavy atom. The second-order valence-electron chi connectivity index (χ2n) is 7.47. The van der Waals surface area contributed by atoms with Crippen molar-refractivity contribution in [1.82, 2.24) is 14.6 Å². The van der Waals surface area contributed by atoms with Crippen LogP contribution >= 0.6 is 23.2 Å². The molecule has 4 nitrogen and oxygen atoms in total. The number of fused-ring (bicyclic) bond motifs is 1. The zero-order valence-corrected chi connectivity index (χ0v) is 19.3.